The zero-order valence-electron chi connectivity index (χ0n) is 18.1. The van der Waals surface area contributed by atoms with Crippen LogP contribution in [0.3, 0.4) is 0 Å². The van der Waals surface area contributed by atoms with E-state index in [9.17, 15) is 20.1 Å². The van der Waals surface area contributed by atoms with E-state index in [0.29, 0.717) is 36.0 Å². The molecule has 0 aliphatic heterocycles. The molecule has 0 saturated heterocycles. The Morgan fingerprint density at radius 1 is 1.07 bits per heavy atom. The van der Waals surface area contributed by atoms with Gasteiger partial charge in [-0.05, 0) is 98.2 Å². The third-order valence-corrected chi connectivity index (χ3v) is 9.64. The van der Waals surface area contributed by atoms with Crippen molar-refractivity contribution in [2.24, 2.45) is 40.4 Å². The van der Waals surface area contributed by atoms with Gasteiger partial charge in [0.1, 0.15) is 6.29 Å². The van der Waals surface area contributed by atoms with Crippen molar-refractivity contribution in [3.8, 4) is 0 Å². The topological polar surface area (TPSA) is 77.8 Å². The largest absolute Gasteiger partial charge is 0.396 e. The molecule has 162 valence electrons. The van der Waals surface area contributed by atoms with Crippen LogP contribution in [0.5, 0.6) is 0 Å². The number of rotatable bonds is 7. The number of hydrogen-bond donors (Lipinski definition) is 3. The quantitative estimate of drug-likeness (QED) is 0.571. The van der Waals surface area contributed by atoms with Crippen LogP contribution in [0.4, 0.5) is 0 Å². The van der Waals surface area contributed by atoms with Gasteiger partial charge in [0.25, 0.3) is 0 Å². The average Bonchev–Trinajstić information content (AvgIpc) is 3.01. The van der Waals surface area contributed by atoms with E-state index in [0.717, 1.165) is 44.8 Å². The molecule has 0 aromatic rings. The van der Waals surface area contributed by atoms with E-state index in [4.69, 9.17) is 0 Å². The summed E-state index contributed by atoms with van der Waals surface area (Å²) in [6.45, 7) is 7.12. The van der Waals surface area contributed by atoms with Crippen LogP contribution in [-0.2, 0) is 4.79 Å². The maximum atomic E-state index is 11.4. The Balaban J connectivity index is 1.77. The van der Waals surface area contributed by atoms with Crippen molar-refractivity contribution in [1.82, 2.24) is 0 Å². The molecule has 0 heterocycles. The van der Waals surface area contributed by atoms with Gasteiger partial charge in [-0.2, -0.15) is 0 Å². The minimum atomic E-state index is -0.291. The molecule has 3 fully saturated rings. The number of fused-ring (bicyclic) bond motifs is 1. The number of aliphatic hydroxyl groups is 3. The Morgan fingerprint density at radius 2 is 1.82 bits per heavy atom. The molecule has 3 rings (SSSR count). The number of aldehydes is 1. The summed E-state index contributed by atoms with van der Waals surface area (Å²) in [5.74, 6) is 2.33. The van der Waals surface area contributed by atoms with Crippen LogP contribution in [0.1, 0.15) is 85.0 Å². The molecule has 4 nitrogen and oxygen atoms in total. The zero-order valence-corrected chi connectivity index (χ0v) is 18.1. The van der Waals surface area contributed by atoms with Gasteiger partial charge >= 0.3 is 0 Å². The first kappa shape index (κ1) is 22.2. The summed E-state index contributed by atoms with van der Waals surface area (Å²) in [4.78, 5) is 10.8. The van der Waals surface area contributed by atoms with Crippen LogP contribution in [0.2, 0.25) is 0 Å². The fraction of sp³-hybridized carbons (Fsp3) is 0.958. The van der Waals surface area contributed by atoms with Crippen LogP contribution in [-0.4, -0.2) is 40.4 Å². The van der Waals surface area contributed by atoms with E-state index >= 15 is 0 Å². The minimum absolute atomic E-state index is 0.0319. The first-order valence-electron chi connectivity index (χ1n) is 11.7. The summed E-state index contributed by atoms with van der Waals surface area (Å²) < 4.78 is 0. The van der Waals surface area contributed by atoms with Gasteiger partial charge in [0.15, 0.2) is 0 Å². The van der Waals surface area contributed by atoms with Gasteiger partial charge in [-0.25, -0.2) is 0 Å². The minimum Gasteiger partial charge on any atom is -0.396 e. The first-order chi connectivity index (χ1) is 13.3. The molecule has 3 N–H and O–H groups in total. The molecule has 3 aliphatic rings. The lowest BCUT2D eigenvalue weighted by Crippen LogP contribution is -2.52. The molecule has 0 bridgehead atoms. The summed E-state index contributed by atoms with van der Waals surface area (Å²) in [6.07, 6.45) is 9.81. The van der Waals surface area contributed by atoms with Crippen molar-refractivity contribution in [3.05, 3.63) is 0 Å². The smallest absolute Gasteiger partial charge is 0.120 e. The molecule has 3 aliphatic carbocycles. The first-order valence-corrected chi connectivity index (χ1v) is 11.7. The van der Waals surface area contributed by atoms with Crippen molar-refractivity contribution in [2.45, 2.75) is 97.2 Å². The summed E-state index contributed by atoms with van der Waals surface area (Å²) in [5.41, 5.74) is 0.0707. The lowest BCUT2D eigenvalue weighted by molar-refractivity contribution is -0.126. The zero-order chi connectivity index (χ0) is 20.5. The second-order valence-corrected chi connectivity index (χ2v) is 10.8. The van der Waals surface area contributed by atoms with Gasteiger partial charge < -0.3 is 20.1 Å². The number of aliphatic hydroxyl groups excluding tert-OH is 3. The van der Waals surface area contributed by atoms with E-state index < -0.39 is 0 Å². The van der Waals surface area contributed by atoms with Crippen LogP contribution in [0.25, 0.3) is 0 Å². The highest BCUT2D eigenvalue weighted by Crippen LogP contribution is 2.63. The molecule has 0 radical (unpaired) electrons. The van der Waals surface area contributed by atoms with Crippen molar-refractivity contribution in [2.75, 3.05) is 6.61 Å². The van der Waals surface area contributed by atoms with Gasteiger partial charge in [-0.3, -0.25) is 0 Å². The van der Waals surface area contributed by atoms with Crippen LogP contribution < -0.4 is 0 Å². The molecule has 9 atom stereocenters. The number of carbonyl (C=O) groups is 1. The van der Waals surface area contributed by atoms with Gasteiger partial charge in [0.2, 0.25) is 0 Å². The second kappa shape index (κ2) is 8.73. The Hall–Kier alpha value is -0.450. The second-order valence-electron chi connectivity index (χ2n) is 10.8. The highest BCUT2D eigenvalue weighted by atomic mass is 16.3. The predicted octanol–water partition coefficient (Wildman–Crippen LogP) is 3.95. The molecular formula is C24H42O4. The van der Waals surface area contributed by atoms with E-state index in [2.05, 4.69) is 20.8 Å². The lowest BCUT2D eigenvalue weighted by Gasteiger charge is -2.56. The van der Waals surface area contributed by atoms with Gasteiger partial charge in [0.05, 0.1) is 12.2 Å². The third kappa shape index (κ3) is 3.81. The van der Waals surface area contributed by atoms with E-state index in [1.807, 2.05) is 0 Å². The van der Waals surface area contributed by atoms with Crippen LogP contribution >= 0.6 is 0 Å². The van der Waals surface area contributed by atoms with Crippen molar-refractivity contribution in [1.29, 1.82) is 0 Å². The number of hydrogen-bond acceptors (Lipinski definition) is 4. The normalized spacial score (nSPS) is 47.5. The number of carbonyl (C=O) groups excluding carboxylic acids is 1. The summed E-state index contributed by atoms with van der Waals surface area (Å²) in [5, 5.41) is 31.2. The SMILES string of the molecule is CC(CCC=O)[C@H]1CCC2CC([C@@]3(C)CC[C@@H](O)C[C@H]3CCO)C[C@H](O)[C@@]21C. The summed E-state index contributed by atoms with van der Waals surface area (Å²) >= 11 is 0. The molecule has 3 saturated carbocycles. The molecule has 4 heteroatoms. The molecule has 0 amide bonds. The predicted molar refractivity (Wildman–Crippen MR) is 111 cm³/mol. The summed E-state index contributed by atoms with van der Waals surface area (Å²) in [6, 6.07) is 0. The molecule has 28 heavy (non-hydrogen) atoms. The standard InChI is InChI=1S/C24H42O4/c1-16(5-4-11-25)21-7-6-18-13-19(15-22(28)24(18,21)3)23(2)10-8-20(27)14-17(23)9-12-26/h11,16-22,26-28H,4-10,12-15H2,1-3H3/t16?,17-,18?,19?,20-,21-,22+,23+,24+/m1/s1. The molecule has 0 aromatic heterocycles. The van der Waals surface area contributed by atoms with Crippen molar-refractivity contribution < 1.29 is 20.1 Å². The van der Waals surface area contributed by atoms with Gasteiger partial charge in [-0.15, -0.1) is 0 Å². The Kier molecular flexibility index (Phi) is 6.94. The van der Waals surface area contributed by atoms with Crippen molar-refractivity contribution >= 4 is 6.29 Å². The highest BCUT2D eigenvalue weighted by molar-refractivity contribution is 5.49. The van der Waals surface area contributed by atoms with E-state index in [1.54, 1.807) is 0 Å². The fourth-order valence-corrected chi connectivity index (χ4v) is 7.67. The maximum Gasteiger partial charge on any atom is 0.120 e. The maximum absolute atomic E-state index is 11.4. The van der Waals surface area contributed by atoms with Gasteiger partial charge in [-0.1, -0.05) is 20.8 Å². The molecule has 0 aromatic carbocycles. The van der Waals surface area contributed by atoms with E-state index in [1.165, 1.54) is 19.3 Å². The summed E-state index contributed by atoms with van der Waals surface area (Å²) in [7, 11) is 0. The van der Waals surface area contributed by atoms with Crippen molar-refractivity contribution in [3.63, 3.8) is 0 Å². The Labute approximate surface area is 171 Å². The average molecular weight is 395 g/mol. The monoisotopic (exact) mass is 394 g/mol. The van der Waals surface area contributed by atoms with E-state index in [-0.39, 0.29) is 29.6 Å². The fourth-order valence-electron chi connectivity index (χ4n) is 7.67. The third-order valence-electron chi connectivity index (χ3n) is 9.64. The Morgan fingerprint density at radius 3 is 2.50 bits per heavy atom. The molecule has 3 unspecified atom stereocenters. The van der Waals surface area contributed by atoms with Crippen LogP contribution in [0.15, 0.2) is 0 Å². The molecular weight excluding hydrogens is 352 g/mol. The van der Waals surface area contributed by atoms with Crippen LogP contribution in [0, 0.1) is 40.4 Å². The van der Waals surface area contributed by atoms with Gasteiger partial charge in [0, 0.05) is 13.0 Å². The molecule has 0 spiro atoms. The Bertz CT molecular complexity index is 537. The highest BCUT2D eigenvalue weighted by Gasteiger charge is 2.58. The lowest BCUT2D eigenvalue weighted by atomic mass is 9.50.